The minimum atomic E-state index is -4.86. The lowest BCUT2D eigenvalue weighted by Crippen LogP contribution is -2.52. The Bertz CT molecular complexity index is 1100. The van der Waals surface area contributed by atoms with Gasteiger partial charge in [0.05, 0.1) is 24.8 Å². The largest absolute Gasteiger partial charge is 0.495 e. The van der Waals surface area contributed by atoms with Crippen LogP contribution in [0.4, 0.5) is 13.2 Å². The van der Waals surface area contributed by atoms with Crippen LogP contribution in [0.25, 0.3) is 11.8 Å². The number of aryl methyl sites for hydroxylation is 1. The van der Waals surface area contributed by atoms with Crippen LogP contribution in [0.5, 0.6) is 5.75 Å². The molecule has 34 heavy (non-hydrogen) atoms. The SMILES string of the molecule is COc1cc(C=C2CCCN(C3CCN(C(=O)C(F)(F)F)CC3)C2=O)ccc1-n1cnc(C)c1. The number of rotatable bonds is 4. The molecule has 10 heteroatoms. The molecule has 2 fully saturated rings. The van der Waals surface area contributed by atoms with Crippen LogP contribution in [-0.4, -0.2) is 70.1 Å². The quantitative estimate of drug-likeness (QED) is 0.631. The Morgan fingerprint density at radius 3 is 2.56 bits per heavy atom. The number of hydrogen-bond donors (Lipinski definition) is 0. The van der Waals surface area contributed by atoms with Gasteiger partial charge in [0.2, 0.25) is 5.91 Å². The molecule has 0 bridgehead atoms. The van der Waals surface area contributed by atoms with E-state index in [2.05, 4.69) is 4.98 Å². The molecule has 2 saturated heterocycles. The van der Waals surface area contributed by atoms with E-state index in [1.807, 2.05) is 42.0 Å². The Labute approximate surface area is 195 Å². The second kappa shape index (κ2) is 9.52. The standard InChI is InChI=1S/C24H27F3N4O3/c1-16-14-30(15-28-16)20-6-5-17(13-21(20)34-2)12-18-4-3-9-31(22(18)32)19-7-10-29(11-8-19)23(33)24(25,26)27/h5-6,12-15,19H,3-4,7-11H2,1-2H3. The lowest BCUT2D eigenvalue weighted by atomic mass is 9.95. The Kier molecular flexibility index (Phi) is 6.67. The number of halogens is 3. The van der Waals surface area contributed by atoms with E-state index in [4.69, 9.17) is 4.74 Å². The Hall–Kier alpha value is -3.30. The number of benzene rings is 1. The maximum Gasteiger partial charge on any atom is 0.471 e. The lowest BCUT2D eigenvalue weighted by Gasteiger charge is -2.40. The van der Waals surface area contributed by atoms with Crippen molar-refractivity contribution in [2.75, 3.05) is 26.7 Å². The van der Waals surface area contributed by atoms with Gasteiger partial charge in [-0.25, -0.2) is 4.98 Å². The third-order valence-electron chi connectivity index (χ3n) is 6.35. The second-order valence-corrected chi connectivity index (χ2v) is 8.65. The molecule has 2 aliphatic rings. The molecule has 4 rings (SSSR count). The van der Waals surface area contributed by atoms with Crippen molar-refractivity contribution in [3.63, 3.8) is 0 Å². The zero-order chi connectivity index (χ0) is 24.5. The van der Waals surface area contributed by atoms with Gasteiger partial charge < -0.3 is 19.1 Å². The van der Waals surface area contributed by atoms with Crippen LogP contribution in [-0.2, 0) is 9.59 Å². The summed E-state index contributed by atoms with van der Waals surface area (Å²) in [6.45, 7) is 2.47. The van der Waals surface area contributed by atoms with E-state index < -0.39 is 12.1 Å². The van der Waals surface area contributed by atoms with Gasteiger partial charge >= 0.3 is 12.1 Å². The summed E-state index contributed by atoms with van der Waals surface area (Å²) in [7, 11) is 1.59. The normalized spacial score (nSPS) is 19.1. The number of ether oxygens (including phenoxy) is 1. The van der Waals surface area contributed by atoms with E-state index in [-0.39, 0.29) is 25.0 Å². The molecule has 2 amide bonds. The molecule has 2 aliphatic heterocycles. The van der Waals surface area contributed by atoms with Crippen LogP contribution >= 0.6 is 0 Å². The van der Waals surface area contributed by atoms with Crippen LogP contribution in [0.2, 0.25) is 0 Å². The predicted molar refractivity (Wildman–Crippen MR) is 119 cm³/mol. The first-order chi connectivity index (χ1) is 16.2. The van der Waals surface area contributed by atoms with E-state index >= 15 is 0 Å². The first-order valence-electron chi connectivity index (χ1n) is 11.2. The number of hydrogen-bond acceptors (Lipinski definition) is 4. The minimum absolute atomic E-state index is 0.00176. The van der Waals surface area contributed by atoms with Gasteiger partial charge in [-0.2, -0.15) is 13.2 Å². The molecular formula is C24H27F3N4O3. The van der Waals surface area contributed by atoms with Crippen molar-refractivity contribution in [2.24, 2.45) is 0 Å². The number of imidazole rings is 1. The van der Waals surface area contributed by atoms with Gasteiger partial charge in [0.1, 0.15) is 5.75 Å². The zero-order valence-electron chi connectivity index (χ0n) is 19.1. The summed E-state index contributed by atoms with van der Waals surface area (Å²) < 4.78 is 45.5. The molecule has 0 radical (unpaired) electrons. The average molecular weight is 476 g/mol. The van der Waals surface area contributed by atoms with Crippen LogP contribution in [0.15, 0.2) is 36.3 Å². The summed E-state index contributed by atoms with van der Waals surface area (Å²) in [6, 6.07) is 5.51. The van der Waals surface area contributed by atoms with Crippen molar-refractivity contribution in [2.45, 2.75) is 44.8 Å². The number of carbonyl (C=O) groups excluding carboxylic acids is 2. The number of amides is 2. The summed E-state index contributed by atoms with van der Waals surface area (Å²) in [6.07, 6.45) is 2.68. The van der Waals surface area contributed by atoms with Gasteiger partial charge in [-0.05, 0) is 56.4 Å². The van der Waals surface area contributed by atoms with Crippen molar-refractivity contribution in [3.8, 4) is 11.4 Å². The molecule has 0 spiro atoms. The summed E-state index contributed by atoms with van der Waals surface area (Å²) in [5, 5.41) is 0. The number of aromatic nitrogens is 2. The van der Waals surface area contributed by atoms with Crippen LogP contribution in [0, 0.1) is 6.92 Å². The van der Waals surface area contributed by atoms with Crippen molar-refractivity contribution in [1.82, 2.24) is 19.4 Å². The van der Waals surface area contributed by atoms with E-state index in [1.54, 1.807) is 18.3 Å². The number of methoxy groups -OCH3 is 1. The molecule has 0 saturated carbocycles. The third kappa shape index (κ3) is 4.95. The summed E-state index contributed by atoms with van der Waals surface area (Å²) in [5.41, 5.74) is 3.21. The molecular weight excluding hydrogens is 449 g/mol. The van der Waals surface area contributed by atoms with Crippen LogP contribution < -0.4 is 4.74 Å². The summed E-state index contributed by atoms with van der Waals surface area (Å²) >= 11 is 0. The van der Waals surface area contributed by atoms with Crippen LogP contribution in [0.1, 0.15) is 36.9 Å². The highest BCUT2D eigenvalue weighted by molar-refractivity contribution is 5.98. The van der Waals surface area contributed by atoms with E-state index in [9.17, 15) is 22.8 Å². The fourth-order valence-electron chi connectivity index (χ4n) is 4.63. The highest BCUT2D eigenvalue weighted by atomic mass is 19.4. The van der Waals surface area contributed by atoms with Crippen molar-refractivity contribution in [1.29, 1.82) is 0 Å². The fraction of sp³-hybridized carbons (Fsp3) is 0.458. The Balaban J connectivity index is 1.47. The third-order valence-corrected chi connectivity index (χ3v) is 6.35. The Morgan fingerprint density at radius 1 is 1.21 bits per heavy atom. The van der Waals surface area contributed by atoms with Gasteiger partial charge in [0, 0.05) is 37.4 Å². The molecule has 3 heterocycles. The number of carbonyl (C=O) groups is 2. The Morgan fingerprint density at radius 2 is 1.94 bits per heavy atom. The summed E-state index contributed by atoms with van der Waals surface area (Å²) in [5.74, 6) is -1.26. The number of nitrogens with zero attached hydrogens (tertiary/aromatic N) is 4. The van der Waals surface area contributed by atoms with E-state index in [0.717, 1.165) is 28.3 Å². The molecule has 0 atom stereocenters. The number of piperidine rings is 2. The van der Waals surface area contributed by atoms with Crippen molar-refractivity contribution >= 4 is 17.9 Å². The second-order valence-electron chi connectivity index (χ2n) is 8.65. The molecule has 0 unspecified atom stereocenters. The lowest BCUT2D eigenvalue weighted by molar-refractivity contribution is -0.186. The van der Waals surface area contributed by atoms with Gasteiger partial charge in [0.15, 0.2) is 0 Å². The first-order valence-corrected chi connectivity index (χ1v) is 11.2. The average Bonchev–Trinajstić information content (AvgIpc) is 3.25. The predicted octanol–water partition coefficient (Wildman–Crippen LogP) is 3.75. The van der Waals surface area contributed by atoms with Gasteiger partial charge in [-0.1, -0.05) is 6.07 Å². The van der Waals surface area contributed by atoms with Crippen molar-refractivity contribution < 1.29 is 27.5 Å². The monoisotopic (exact) mass is 476 g/mol. The minimum Gasteiger partial charge on any atom is -0.495 e. The van der Waals surface area contributed by atoms with Crippen molar-refractivity contribution in [3.05, 3.63) is 47.6 Å². The first kappa shape index (κ1) is 23.8. The summed E-state index contributed by atoms with van der Waals surface area (Å²) in [4.78, 5) is 31.5. The van der Waals surface area contributed by atoms with Gasteiger partial charge in [-0.15, -0.1) is 0 Å². The zero-order valence-corrected chi connectivity index (χ0v) is 19.1. The van der Waals surface area contributed by atoms with E-state index in [1.165, 1.54) is 0 Å². The molecule has 0 aliphatic carbocycles. The number of alkyl halides is 3. The maximum atomic E-state index is 13.2. The smallest absolute Gasteiger partial charge is 0.471 e. The topological polar surface area (TPSA) is 67.7 Å². The van der Waals surface area contributed by atoms with Crippen LogP contribution in [0.3, 0.4) is 0 Å². The van der Waals surface area contributed by atoms with Gasteiger partial charge in [0.25, 0.3) is 0 Å². The van der Waals surface area contributed by atoms with E-state index in [0.29, 0.717) is 37.1 Å². The number of likely N-dealkylation sites (tertiary alicyclic amines) is 2. The highest BCUT2D eigenvalue weighted by Crippen LogP contribution is 2.30. The highest BCUT2D eigenvalue weighted by Gasteiger charge is 2.44. The molecule has 2 aromatic rings. The fourth-order valence-corrected chi connectivity index (χ4v) is 4.63. The molecule has 182 valence electrons. The molecule has 0 N–H and O–H groups in total. The van der Waals surface area contributed by atoms with Gasteiger partial charge in [-0.3, -0.25) is 9.59 Å². The molecule has 7 nitrogen and oxygen atoms in total. The molecule has 1 aromatic carbocycles. The molecule has 1 aromatic heterocycles. The maximum absolute atomic E-state index is 13.2.